The maximum Gasteiger partial charge on any atom is 0.319 e. The van der Waals surface area contributed by atoms with Crippen molar-refractivity contribution in [3.8, 4) is 0 Å². The number of hydrogen-bond donors (Lipinski definition) is 0. The molecular formula is C18H28N2O. The van der Waals surface area contributed by atoms with E-state index in [2.05, 4.69) is 45.0 Å². The molecule has 1 fully saturated rings. The third kappa shape index (κ3) is 3.78. The van der Waals surface area contributed by atoms with E-state index in [0.29, 0.717) is 5.92 Å². The molecule has 0 N–H and O–H groups in total. The van der Waals surface area contributed by atoms with Crippen molar-refractivity contribution in [2.75, 3.05) is 27.2 Å². The van der Waals surface area contributed by atoms with Gasteiger partial charge in [-0.05, 0) is 35.3 Å². The fraction of sp³-hybridized carbons (Fsp3) is 0.611. The van der Waals surface area contributed by atoms with E-state index < -0.39 is 0 Å². The van der Waals surface area contributed by atoms with Gasteiger partial charge in [0.1, 0.15) is 0 Å². The van der Waals surface area contributed by atoms with E-state index in [1.54, 1.807) is 4.90 Å². The van der Waals surface area contributed by atoms with Crippen LogP contribution in [0.2, 0.25) is 0 Å². The van der Waals surface area contributed by atoms with Crippen LogP contribution in [0.15, 0.2) is 24.3 Å². The van der Waals surface area contributed by atoms with Crippen LogP contribution in [0.1, 0.15) is 50.7 Å². The second kappa shape index (κ2) is 6.08. The first kappa shape index (κ1) is 15.9. The number of benzene rings is 1. The zero-order chi connectivity index (χ0) is 15.6. The lowest BCUT2D eigenvalue weighted by atomic mass is 9.84. The van der Waals surface area contributed by atoms with Crippen molar-refractivity contribution in [3.05, 3.63) is 35.4 Å². The van der Waals surface area contributed by atoms with Crippen LogP contribution >= 0.6 is 0 Å². The van der Waals surface area contributed by atoms with Crippen molar-refractivity contribution in [2.45, 2.75) is 44.9 Å². The predicted molar refractivity (Wildman–Crippen MR) is 87.8 cm³/mol. The number of hydrogen-bond acceptors (Lipinski definition) is 1. The van der Waals surface area contributed by atoms with Gasteiger partial charge in [-0.15, -0.1) is 0 Å². The van der Waals surface area contributed by atoms with Crippen LogP contribution < -0.4 is 0 Å². The molecule has 3 heteroatoms. The number of likely N-dealkylation sites (tertiary alicyclic amines) is 1. The molecule has 1 aromatic rings. The van der Waals surface area contributed by atoms with E-state index in [4.69, 9.17) is 0 Å². The first-order valence-electron chi connectivity index (χ1n) is 7.85. The summed E-state index contributed by atoms with van der Waals surface area (Å²) < 4.78 is 0. The van der Waals surface area contributed by atoms with Gasteiger partial charge >= 0.3 is 6.03 Å². The van der Waals surface area contributed by atoms with Gasteiger partial charge in [-0.1, -0.05) is 45.0 Å². The third-order valence-electron chi connectivity index (χ3n) is 4.40. The van der Waals surface area contributed by atoms with E-state index in [1.807, 2.05) is 19.0 Å². The highest BCUT2D eigenvalue weighted by atomic mass is 16.2. The third-order valence-corrected chi connectivity index (χ3v) is 4.40. The van der Waals surface area contributed by atoms with Crippen LogP contribution in [0.4, 0.5) is 4.79 Å². The summed E-state index contributed by atoms with van der Waals surface area (Å²) in [5.41, 5.74) is 3.01. The molecule has 0 atom stereocenters. The van der Waals surface area contributed by atoms with Crippen molar-refractivity contribution < 1.29 is 4.79 Å². The predicted octanol–water partition coefficient (Wildman–Crippen LogP) is 3.85. The lowest BCUT2D eigenvalue weighted by Crippen LogP contribution is -2.43. The molecule has 1 aliphatic heterocycles. The van der Waals surface area contributed by atoms with Gasteiger partial charge in [0.05, 0.1) is 0 Å². The fourth-order valence-electron chi connectivity index (χ4n) is 2.94. The van der Waals surface area contributed by atoms with Crippen molar-refractivity contribution in [2.24, 2.45) is 0 Å². The van der Waals surface area contributed by atoms with E-state index in [1.165, 1.54) is 11.1 Å². The molecule has 21 heavy (non-hydrogen) atoms. The lowest BCUT2D eigenvalue weighted by Gasteiger charge is -2.34. The van der Waals surface area contributed by atoms with Crippen LogP contribution in [-0.4, -0.2) is 43.0 Å². The maximum atomic E-state index is 11.9. The van der Waals surface area contributed by atoms with Crippen LogP contribution in [-0.2, 0) is 5.41 Å². The molecule has 1 saturated heterocycles. The second-order valence-electron chi connectivity index (χ2n) is 7.31. The quantitative estimate of drug-likeness (QED) is 0.770. The first-order valence-corrected chi connectivity index (χ1v) is 7.85. The number of carbonyl (C=O) groups excluding carboxylic acids is 1. The number of piperidine rings is 1. The Morgan fingerprint density at radius 2 is 1.62 bits per heavy atom. The van der Waals surface area contributed by atoms with Crippen LogP contribution in [0.5, 0.6) is 0 Å². The maximum absolute atomic E-state index is 11.9. The Labute approximate surface area is 128 Å². The molecule has 2 amide bonds. The smallest absolute Gasteiger partial charge is 0.319 e. The number of urea groups is 1. The zero-order valence-corrected chi connectivity index (χ0v) is 14.0. The number of nitrogens with zero attached hydrogens (tertiary/aromatic N) is 2. The Morgan fingerprint density at radius 3 is 2.05 bits per heavy atom. The minimum absolute atomic E-state index is 0.136. The number of amides is 2. The van der Waals surface area contributed by atoms with Gasteiger partial charge in [0, 0.05) is 27.2 Å². The molecule has 1 aliphatic rings. The van der Waals surface area contributed by atoms with Crippen molar-refractivity contribution >= 4 is 6.03 Å². The average Bonchev–Trinajstić information content (AvgIpc) is 2.46. The summed E-state index contributed by atoms with van der Waals surface area (Å²) in [4.78, 5) is 15.6. The van der Waals surface area contributed by atoms with Crippen molar-refractivity contribution in [1.82, 2.24) is 9.80 Å². The normalized spacial score (nSPS) is 16.9. The minimum Gasteiger partial charge on any atom is -0.331 e. The molecule has 2 rings (SSSR count). The summed E-state index contributed by atoms with van der Waals surface area (Å²) in [5.74, 6) is 0.588. The van der Waals surface area contributed by atoms with Gasteiger partial charge in [-0.25, -0.2) is 4.79 Å². The summed E-state index contributed by atoms with van der Waals surface area (Å²) >= 11 is 0. The highest BCUT2D eigenvalue weighted by Gasteiger charge is 2.24. The molecule has 116 valence electrons. The Morgan fingerprint density at radius 1 is 1.10 bits per heavy atom. The van der Waals surface area contributed by atoms with Crippen molar-refractivity contribution in [3.63, 3.8) is 0 Å². The monoisotopic (exact) mass is 288 g/mol. The molecule has 1 heterocycles. The number of rotatable bonds is 1. The summed E-state index contributed by atoms with van der Waals surface area (Å²) in [7, 11) is 3.64. The van der Waals surface area contributed by atoms with E-state index in [9.17, 15) is 4.79 Å². The van der Waals surface area contributed by atoms with Gasteiger partial charge in [0.25, 0.3) is 0 Å². The Hall–Kier alpha value is -1.51. The molecular weight excluding hydrogens is 260 g/mol. The molecule has 0 spiro atoms. The molecule has 0 bridgehead atoms. The van der Waals surface area contributed by atoms with Gasteiger partial charge in [0.2, 0.25) is 0 Å². The van der Waals surface area contributed by atoms with Gasteiger partial charge in [-0.2, -0.15) is 0 Å². The Bertz CT molecular complexity index is 477. The molecule has 0 saturated carbocycles. The summed E-state index contributed by atoms with van der Waals surface area (Å²) in [6.45, 7) is 8.46. The van der Waals surface area contributed by atoms with E-state index >= 15 is 0 Å². The largest absolute Gasteiger partial charge is 0.331 e. The van der Waals surface area contributed by atoms with Gasteiger partial charge < -0.3 is 9.80 Å². The molecule has 1 aromatic carbocycles. The van der Waals surface area contributed by atoms with Crippen LogP contribution in [0.25, 0.3) is 0 Å². The van der Waals surface area contributed by atoms with E-state index in [0.717, 1.165) is 25.9 Å². The first-order chi connectivity index (χ1) is 9.79. The Balaban J connectivity index is 1.98. The SMILES string of the molecule is CN(C)C(=O)N1CCC(c2ccc(C(C)(C)C)cc2)CC1. The molecule has 0 aromatic heterocycles. The number of carbonyl (C=O) groups is 1. The van der Waals surface area contributed by atoms with Gasteiger partial charge in [0.15, 0.2) is 0 Å². The molecule has 0 radical (unpaired) electrons. The highest BCUT2D eigenvalue weighted by Crippen LogP contribution is 2.30. The summed E-state index contributed by atoms with van der Waals surface area (Å²) in [6, 6.07) is 9.19. The Kier molecular flexibility index (Phi) is 4.60. The van der Waals surface area contributed by atoms with Gasteiger partial charge in [-0.3, -0.25) is 0 Å². The summed E-state index contributed by atoms with van der Waals surface area (Å²) in [6.07, 6.45) is 2.13. The zero-order valence-electron chi connectivity index (χ0n) is 14.0. The molecule has 0 unspecified atom stereocenters. The average molecular weight is 288 g/mol. The lowest BCUT2D eigenvalue weighted by molar-refractivity contribution is 0.156. The topological polar surface area (TPSA) is 23.6 Å². The standard InChI is InChI=1S/C18H28N2O/c1-18(2,3)16-8-6-14(7-9-16)15-10-12-20(13-11-15)17(21)19(4)5/h6-9,15H,10-13H2,1-5H3. The summed E-state index contributed by atoms with van der Waals surface area (Å²) in [5, 5.41) is 0. The van der Waals surface area contributed by atoms with Crippen LogP contribution in [0, 0.1) is 0 Å². The van der Waals surface area contributed by atoms with Crippen LogP contribution in [0.3, 0.4) is 0 Å². The molecule has 3 nitrogen and oxygen atoms in total. The van der Waals surface area contributed by atoms with E-state index in [-0.39, 0.29) is 11.4 Å². The highest BCUT2D eigenvalue weighted by molar-refractivity contribution is 5.73. The second-order valence-corrected chi connectivity index (χ2v) is 7.31. The minimum atomic E-state index is 0.136. The fourth-order valence-corrected chi connectivity index (χ4v) is 2.94. The molecule has 0 aliphatic carbocycles. The van der Waals surface area contributed by atoms with Crippen molar-refractivity contribution in [1.29, 1.82) is 0 Å².